The van der Waals surface area contributed by atoms with Gasteiger partial charge in [0.15, 0.2) is 0 Å². The molecule has 3 amide bonds. The number of amides is 3. The molecule has 2 rings (SSSR count). The van der Waals surface area contributed by atoms with Crippen LogP contribution in [0.3, 0.4) is 0 Å². The fourth-order valence-electron chi connectivity index (χ4n) is 3.23. The average Bonchev–Trinajstić information content (AvgIpc) is 3.07. The van der Waals surface area contributed by atoms with Gasteiger partial charge in [0.05, 0.1) is 0 Å². The van der Waals surface area contributed by atoms with Gasteiger partial charge in [0, 0.05) is 23.5 Å². The lowest BCUT2D eigenvalue weighted by atomic mass is 10.0. The zero-order valence-electron chi connectivity index (χ0n) is 18.6. The van der Waals surface area contributed by atoms with Gasteiger partial charge in [0.25, 0.3) is 5.91 Å². The molecule has 0 aliphatic carbocycles. The van der Waals surface area contributed by atoms with E-state index < -0.39 is 35.6 Å². The summed E-state index contributed by atoms with van der Waals surface area (Å²) in [4.78, 5) is 40.5. The van der Waals surface area contributed by atoms with Crippen molar-refractivity contribution >= 4 is 28.8 Å². The van der Waals surface area contributed by atoms with Crippen LogP contribution in [0.25, 0.3) is 10.9 Å². The topological polar surface area (TPSA) is 133 Å². The van der Waals surface area contributed by atoms with Gasteiger partial charge in [-0.05, 0) is 44.7 Å². The lowest BCUT2D eigenvalue weighted by Crippen LogP contribution is -2.54. The number of benzene rings is 1. The Kier molecular flexibility index (Phi) is 8.04. The molecule has 0 spiro atoms. The van der Waals surface area contributed by atoms with E-state index in [1.165, 1.54) is 0 Å². The Bertz CT molecular complexity index is 916. The molecule has 0 radical (unpaired) electrons. The second-order valence-electron chi connectivity index (χ2n) is 8.93. The number of H-pyrrole nitrogens is 1. The van der Waals surface area contributed by atoms with Gasteiger partial charge in [0.2, 0.25) is 5.91 Å². The number of fused-ring (bicyclic) bond motifs is 1. The largest absolute Gasteiger partial charge is 0.444 e. The van der Waals surface area contributed by atoms with E-state index >= 15 is 0 Å². The van der Waals surface area contributed by atoms with Gasteiger partial charge in [-0.25, -0.2) is 10.3 Å². The molecule has 9 nitrogen and oxygen atoms in total. The first kappa shape index (κ1) is 24.2. The van der Waals surface area contributed by atoms with Crippen LogP contribution in [-0.4, -0.2) is 45.8 Å². The molecule has 0 fully saturated rings. The number of hydrogen-bond acceptors (Lipinski definition) is 5. The van der Waals surface area contributed by atoms with E-state index in [1.54, 1.807) is 32.4 Å². The van der Waals surface area contributed by atoms with E-state index in [-0.39, 0.29) is 12.3 Å². The molecule has 1 heterocycles. The molecule has 1 aromatic carbocycles. The monoisotopic (exact) mass is 432 g/mol. The Morgan fingerprint density at radius 2 is 1.74 bits per heavy atom. The lowest BCUT2D eigenvalue weighted by Gasteiger charge is -2.25. The second kappa shape index (κ2) is 10.3. The summed E-state index contributed by atoms with van der Waals surface area (Å²) in [6.45, 7) is 9.02. The van der Waals surface area contributed by atoms with Gasteiger partial charge >= 0.3 is 6.09 Å². The molecule has 0 saturated heterocycles. The molecule has 31 heavy (non-hydrogen) atoms. The minimum atomic E-state index is -1.04. The van der Waals surface area contributed by atoms with Crippen molar-refractivity contribution in [2.24, 2.45) is 5.92 Å². The third-order valence-corrected chi connectivity index (χ3v) is 4.56. The minimum absolute atomic E-state index is 0.101. The predicted octanol–water partition coefficient (Wildman–Crippen LogP) is 2.64. The summed E-state index contributed by atoms with van der Waals surface area (Å²) in [5.41, 5.74) is 2.61. The summed E-state index contributed by atoms with van der Waals surface area (Å²) in [6.07, 6.45) is 1.56. The van der Waals surface area contributed by atoms with Gasteiger partial charge in [0.1, 0.15) is 17.7 Å². The van der Waals surface area contributed by atoms with Crippen molar-refractivity contribution in [3.05, 3.63) is 36.0 Å². The molecule has 170 valence electrons. The highest BCUT2D eigenvalue weighted by Gasteiger charge is 2.29. The van der Waals surface area contributed by atoms with Gasteiger partial charge < -0.3 is 20.4 Å². The third kappa shape index (κ3) is 7.29. The molecular formula is C22H32N4O5. The zero-order valence-corrected chi connectivity index (χ0v) is 18.6. The Morgan fingerprint density at radius 3 is 2.35 bits per heavy atom. The molecule has 0 aliphatic rings. The summed E-state index contributed by atoms with van der Waals surface area (Å²) >= 11 is 0. The van der Waals surface area contributed by atoms with Crippen molar-refractivity contribution < 1.29 is 24.3 Å². The zero-order chi connectivity index (χ0) is 23.2. The Hall–Kier alpha value is -3.07. The fraction of sp³-hybridized carbons (Fsp3) is 0.500. The number of nitrogens with one attached hydrogen (secondary N) is 4. The van der Waals surface area contributed by atoms with Crippen LogP contribution in [0.2, 0.25) is 0 Å². The number of aromatic nitrogens is 1. The fourth-order valence-corrected chi connectivity index (χ4v) is 3.23. The Balaban J connectivity index is 2.17. The Labute approximate surface area is 181 Å². The quantitative estimate of drug-likeness (QED) is 0.323. The van der Waals surface area contributed by atoms with Crippen molar-refractivity contribution in [3.8, 4) is 0 Å². The maximum Gasteiger partial charge on any atom is 0.408 e. The van der Waals surface area contributed by atoms with Crippen molar-refractivity contribution in [1.29, 1.82) is 0 Å². The van der Waals surface area contributed by atoms with Crippen LogP contribution in [-0.2, 0) is 20.7 Å². The number of hydrogen-bond donors (Lipinski definition) is 5. The number of aromatic amines is 1. The van der Waals surface area contributed by atoms with Crippen LogP contribution in [0, 0.1) is 5.92 Å². The highest BCUT2D eigenvalue weighted by Crippen LogP contribution is 2.19. The molecule has 0 aliphatic heterocycles. The van der Waals surface area contributed by atoms with Crippen molar-refractivity contribution in [2.45, 2.75) is 65.1 Å². The molecule has 1 aromatic heterocycles. The standard InChI is InChI=1S/C22H32N4O5/c1-13(2)10-17(25-21(29)31-22(3,4)5)19(27)24-18(20(28)26-30)11-14-12-23-16-9-7-6-8-15(14)16/h6-9,12-13,17-18,23,30H,10-11H2,1-5H3,(H,24,27)(H,25,29)(H,26,28)/t17-,18-/m0/s1. The highest BCUT2D eigenvalue weighted by molar-refractivity contribution is 5.92. The van der Waals surface area contributed by atoms with E-state index in [4.69, 9.17) is 9.94 Å². The number of carbonyl (C=O) groups excluding carboxylic acids is 3. The first-order valence-corrected chi connectivity index (χ1v) is 10.3. The van der Waals surface area contributed by atoms with Crippen LogP contribution in [0.15, 0.2) is 30.5 Å². The number of para-hydroxylation sites is 1. The first-order valence-electron chi connectivity index (χ1n) is 10.3. The molecule has 2 atom stereocenters. The van der Waals surface area contributed by atoms with E-state index in [9.17, 15) is 14.4 Å². The van der Waals surface area contributed by atoms with E-state index in [0.29, 0.717) is 6.42 Å². The van der Waals surface area contributed by atoms with Crippen LogP contribution in [0.1, 0.15) is 46.6 Å². The van der Waals surface area contributed by atoms with E-state index in [2.05, 4.69) is 15.6 Å². The van der Waals surface area contributed by atoms with Gasteiger partial charge in [-0.2, -0.15) is 0 Å². The molecule has 9 heteroatoms. The van der Waals surface area contributed by atoms with E-state index in [0.717, 1.165) is 16.5 Å². The molecule has 2 aromatic rings. The Morgan fingerprint density at radius 1 is 1.06 bits per heavy atom. The van der Waals surface area contributed by atoms with Crippen molar-refractivity contribution in [1.82, 2.24) is 21.1 Å². The second-order valence-corrected chi connectivity index (χ2v) is 8.93. The number of ether oxygens (including phenoxy) is 1. The normalized spacial score (nSPS) is 13.5. The van der Waals surface area contributed by atoms with Gasteiger partial charge in [-0.3, -0.25) is 14.8 Å². The smallest absolute Gasteiger partial charge is 0.408 e. The van der Waals surface area contributed by atoms with Crippen LogP contribution in [0.5, 0.6) is 0 Å². The van der Waals surface area contributed by atoms with Crippen molar-refractivity contribution in [3.63, 3.8) is 0 Å². The number of rotatable bonds is 8. The molecule has 0 saturated carbocycles. The van der Waals surface area contributed by atoms with Crippen LogP contribution < -0.4 is 16.1 Å². The number of hydroxylamine groups is 1. The van der Waals surface area contributed by atoms with E-state index in [1.807, 2.05) is 38.1 Å². The van der Waals surface area contributed by atoms with Gasteiger partial charge in [-0.15, -0.1) is 0 Å². The van der Waals surface area contributed by atoms with Gasteiger partial charge in [-0.1, -0.05) is 32.0 Å². The maximum absolute atomic E-state index is 13.0. The van der Waals surface area contributed by atoms with Crippen LogP contribution >= 0.6 is 0 Å². The summed E-state index contributed by atoms with van der Waals surface area (Å²) in [5, 5.41) is 15.3. The average molecular weight is 433 g/mol. The highest BCUT2D eigenvalue weighted by atomic mass is 16.6. The lowest BCUT2D eigenvalue weighted by molar-refractivity contribution is -0.135. The number of alkyl carbamates (subject to hydrolysis) is 1. The third-order valence-electron chi connectivity index (χ3n) is 4.56. The summed E-state index contributed by atoms with van der Waals surface area (Å²) < 4.78 is 5.25. The predicted molar refractivity (Wildman–Crippen MR) is 116 cm³/mol. The van der Waals surface area contributed by atoms with Crippen molar-refractivity contribution in [2.75, 3.05) is 0 Å². The molecule has 0 bridgehead atoms. The first-order chi connectivity index (χ1) is 14.5. The summed E-state index contributed by atoms with van der Waals surface area (Å²) in [7, 11) is 0. The molecular weight excluding hydrogens is 400 g/mol. The summed E-state index contributed by atoms with van der Waals surface area (Å²) in [6, 6.07) is 5.65. The summed E-state index contributed by atoms with van der Waals surface area (Å²) in [5.74, 6) is -1.18. The molecule has 5 N–H and O–H groups in total. The maximum atomic E-state index is 13.0. The van der Waals surface area contributed by atoms with Crippen LogP contribution in [0.4, 0.5) is 4.79 Å². The molecule has 0 unspecified atom stereocenters. The SMILES string of the molecule is CC(C)C[C@H](NC(=O)OC(C)(C)C)C(=O)N[C@@H](Cc1c[nH]c2ccccc12)C(=O)NO. The minimum Gasteiger partial charge on any atom is -0.444 e. The number of carbonyl (C=O) groups is 3.